The smallest absolute Gasteiger partial charge is 0.130 e. The number of nitrogens with zero attached hydrogens (tertiary/aromatic N) is 1. The summed E-state index contributed by atoms with van der Waals surface area (Å²) in [7, 11) is 0. The Balaban J connectivity index is 2.42. The fourth-order valence-electron chi connectivity index (χ4n) is 2.26. The number of anilines is 1. The molecule has 0 aliphatic carbocycles. The summed E-state index contributed by atoms with van der Waals surface area (Å²) in [6.07, 6.45) is 0. The van der Waals surface area contributed by atoms with Gasteiger partial charge >= 0.3 is 0 Å². The summed E-state index contributed by atoms with van der Waals surface area (Å²) in [5.74, 6) is -0.354. The molecule has 0 saturated carbocycles. The van der Waals surface area contributed by atoms with E-state index >= 15 is 0 Å². The molecule has 2 rings (SSSR count). The van der Waals surface area contributed by atoms with Gasteiger partial charge in [0.25, 0.3) is 0 Å². The van der Waals surface area contributed by atoms with Crippen LogP contribution in [0.3, 0.4) is 0 Å². The zero-order chi connectivity index (χ0) is 12.5. The van der Waals surface area contributed by atoms with Crippen LogP contribution in [0.25, 0.3) is 0 Å². The average Bonchev–Trinajstić information content (AvgIpc) is 2.28. The number of halogens is 1. The molecule has 1 aromatic rings. The van der Waals surface area contributed by atoms with Gasteiger partial charge in [-0.25, -0.2) is 4.39 Å². The van der Waals surface area contributed by atoms with Gasteiger partial charge in [0.2, 0.25) is 0 Å². The second-order valence-corrected chi connectivity index (χ2v) is 4.91. The maximum absolute atomic E-state index is 13.6. The number of aliphatic hydroxyl groups is 1. The number of benzene rings is 1. The first-order valence-electron chi connectivity index (χ1n) is 5.80. The number of hydrogen-bond donors (Lipinski definition) is 1. The highest BCUT2D eigenvalue weighted by atomic mass is 19.1. The third-order valence-corrected chi connectivity index (χ3v) is 3.19. The van der Waals surface area contributed by atoms with E-state index in [-0.39, 0.29) is 18.0 Å². The highest BCUT2D eigenvalue weighted by molar-refractivity contribution is 5.56. The molecule has 17 heavy (non-hydrogen) atoms. The normalized spacial score (nSPS) is 19.4. The number of morpholine rings is 1. The first-order valence-corrected chi connectivity index (χ1v) is 5.80. The van der Waals surface area contributed by atoms with E-state index in [2.05, 4.69) is 18.7 Å². The summed E-state index contributed by atoms with van der Waals surface area (Å²) in [6.45, 7) is 5.77. The number of hydrogen-bond acceptors (Lipinski definition) is 3. The van der Waals surface area contributed by atoms with Crippen LogP contribution in [0.5, 0.6) is 0 Å². The third-order valence-electron chi connectivity index (χ3n) is 3.19. The van der Waals surface area contributed by atoms with Crippen LogP contribution in [-0.4, -0.2) is 30.4 Å². The second-order valence-electron chi connectivity index (χ2n) is 4.91. The minimum atomic E-state index is -0.354. The molecule has 1 fully saturated rings. The van der Waals surface area contributed by atoms with E-state index in [0.717, 1.165) is 5.69 Å². The molecule has 0 atom stereocenters. The lowest BCUT2D eigenvalue weighted by Gasteiger charge is -2.44. The minimum Gasteiger partial charge on any atom is -0.391 e. The van der Waals surface area contributed by atoms with Crippen LogP contribution in [0.4, 0.5) is 10.1 Å². The van der Waals surface area contributed by atoms with E-state index in [1.165, 1.54) is 6.07 Å². The molecule has 1 aromatic carbocycles. The Morgan fingerprint density at radius 3 is 2.88 bits per heavy atom. The number of rotatable bonds is 2. The summed E-state index contributed by atoms with van der Waals surface area (Å²) < 4.78 is 19.1. The second kappa shape index (κ2) is 4.63. The van der Waals surface area contributed by atoms with Crippen molar-refractivity contribution in [3.8, 4) is 0 Å². The first kappa shape index (κ1) is 12.3. The van der Waals surface area contributed by atoms with Gasteiger partial charge in [-0.1, -0.05) is 6.07 Å². The van der Waals surface area contributed by atoms with E-state index in [1.54, 1.807) is 6.07 Å². The quantitative estimate of drug-likeness (QED) is 0.856. The van der Waals surface area contributed by atoms with Crippen molar-refractivity contribution >= 4 is 5.69 Å². The van der Waals surface area contributed by atoms with Crippen molar-refractivity contribution in [2.45, 2.75) is 26.0 Å². The molecule has 1 heterocycles. The molecule has 0 spiro atoms. The van der Waals surface area contributed by atoms with Gasteiger partial charge in [0, 0.05) is 17.8 Å². The summed E-state index contributed by atoms with van der Waals surface area (Å²) in [6, 6.07) is 4.90. The molecule has 0 aromatic heterocycles. The van der Waals surface area contributed by atoms with Gasteiger partial charge in [0.15, 0.2) is 0 Å². The maximum atomic E-state index is 13.6. The van der Waals surface area contributed by atoms with Gasteiger partial charge in [-0.3, -0.25) is 0 Å². The largest absolute Gasteiger partial charge is 0.391 e. The van der Waals surface area contributed by atoms with Crippen LogP contribution in [0.1, 0.15) is 19.4 Å². The van der Waals surface area contributed by atoms with Gasteiger partial charge in [-0.15, -0.1) is 0 Å². The lowest BCUT2D eigenvalue weighted by atomic mass is 9.99. The fraction of sp³-hybridized carbons (Fsp3) is 0.538. The van der Waals surface area contributed by atoms with Crippen LogP contribution in [0.2, 0.25) is 0 Å². The van der Waals surface area contributed by atoms with Crippen LogP contribution in [0.15, 0.2) is 18.2 Å². The van der Waals surface area contributed by atoms with Gasteiger partial charge in [-0.05, 0) is 26.0 Å². The number of aliphatic hydroxyl groups excluding tert-OH is 1. The molecule has 0 radical (unpaired) electrons. The van der Waals surface area contributed by atoms with Crippen molar-refractivity contribution in [1.29, 1.82) is 0 Å². The highest BCUT2D eigenvalue weighted by Crippen LogP contribution is 2.31. The van der Waals surface area contributed by atoms with Gasteiger partial charge < -0.3 is 14.7 Å². The molecule has 3 nitrogen and oxygen atoms in total. The van der Waals surface area contributed by atoms with Gasteiger partial charge in [0.05, 0.1) is 25.4 Å². The summed E-state index contributed by atoms with van der Waals surface area (Å²) >= 11 is 0. The molecule has 0 amide bonds. The van der Waals surface area contributed by atoms with E-state index < -0.39 is 0 Å². The topological polar surface area (TPSA) is 32.7 Å². The van der Waals surface area contributed by atoms with Crippen molar-refractivity contribution < 1.29 is 14.2 Å². The summed E-state index contributed by atoms with van der Waals surface area (Å²) in [4.78, 5) is 2.10. The van der Waals surface area contributed by atoms with Crippen molar-refractivity contribution in [3.05, 3.63) is 29.6 Å². The Labute approximate surface area is 101 Å². The third kappa shape index (κ3) is 2.28. The Morgan fingerprint density at radius 2 is 2.24 bits per heavy atom. The summed E-state index contributed by atoms with van der Waals surface area (Å²) in [5.41, 5.74) is 0.943. The van der Waals surface area contributed by atoms with E-state index in [9.17, 15) is 9.50 Å². The standard InChI is InChI=1S/C13H18FNO2/c1-13(2)9-17-7-6-15(13)12-5-3-4-11(14)10(12)8-16/h3-5,16H,6-9H2,1-2H3. The van der Waals surface area contributed by atoms with Crippen LogP contribution < -0.4 is 4.90 Å². The van der Waals surface area contributed by atoms with Crippen molar-refractivity contribution in [2.75, 3.05) is 24.7 Å². The Morgan fingerprint density at radius 1 is 1.47 bits per heavy atom. The Kier molecular flexibility index (Phi) is 3.35. The molecule has 4 heteroatoms. The van der Waals surface area contributed by atoms with Crippen molar-refractivity contribution in [1.82, 2.24) is 0 Å². The highest BCUT2D eigenvalue weighted by Gasteiger charge is 2.32. The zero-order valence-corrected chi connectivity index (χ0v) is 10.2. The minimum absolute atomic E-state index is 0.185. The Bertz CT molecular complexity index is 406. The van der Waals surface area contributed by atoms with E-state index in [0.29, 0.717) is 25.3 Å². The fourth-order valence-corrected chi connectivity index (χ4v) is 2.26. The molecular formula is C13H18FNO2. The number of ether oxygens (including phenoxy) is 1. The Hall–Kier alpha value is -1.13. The zero-order valence-electron chi connectivity index (χ0n) is 10.2. The van der Waals surface area contributed by atoms with Crippen molar-refractivity contribution in [3.63, 3.8) is 0 Å². The lowest BCUT2D eigenvalue weighted by Crippen LogP contribution is -2.53. The van der Waals surface area contributed by atoms with Crippen LogP contribution >= 0.6 is 0 Å². The molecule has 1 aliphatic rings. The molecule has 0 unspecified atom stereocenters. The first-order chi connectivity index (χ1) is 8.06. The SMILES string of the molecule is CC1(C)COCCN1c1cccc(F)c1CO. The average molecular weight is 239 g/mol. The summed E-state index contributed by atoms with van der Waals surface area (Å²) in [5, 5.41) is 9.30. The predicted octanol–water partition coefficient (Wildman–Crippen LogP) is 1.93. The molecule has 0 bridgehead atoms. The van der Waals surface area contributed by atoms with Crippen molar-refractivity contribution in [2.24, 2.45) is 0 Å². The monoisotopic (exact) mass is 239 g/mol. The molecule has 1 N–H and O–H groups in total. The molecule has 1 aliphatic heterocycles. The molecular weight excluding hydrogens is 221 g/mol. The molecule has 94 valence electrons. The lowest BCUT2D eigenvalue weighted by molar-refractivity contribution is 0.0641. The van der Waals surface area contributed by atoms with Crippen LogP contribution in [0, 0.1) is 5.82 Å². The van der Waals surface area contributed by atoms with Crippen LogP contribution in [-0.2, 0) is 11.3 Å². The molecule has 1 saturated heterocycles. The van der Waals surface area contributed by atoms with Gasteiger partial charge in [-0.2, -0.15) is 0 Å². The van der Waals surface area contributed by atoms with E-state index in [1.807, 2.05) is 6.07 Å². The van der Waals surface area contributed by atoms with E-state index in [4.69, 9.17) is 4.74 Å². The predicted molar refractivity (Wildman–Crippen MR) is 64.6 cm³/mol. The van der Waals surface area contributed by atoms with Gasteiger partial charge in [0.1, 0.15) is 5.82 Å². The maximum Gasteiger partial charge on any atom is 0.130 e.